The highest BCUT2D eigenvalue weighted by molar-refractivity contribution is 9.10. The lowest BCUT2D eigenvalue weighted by Gasteiger charge is -2.14. The number of halogens is 2. The molecule has 28 heavy (non-hydrogen) atoms. The van der Waals surface area contributed by atoms with Crippen LogP contribution in [0.2, 0.25) is 5.02 Å². The molecule has 0 radical (unpaired) electrons. The molecule has 0 bridgehead atoms. The van der Waals surface area contributed by atoms with E-state index in [0.717, 1.165) is 38.3 Å². The Hall–Kier alpha value is -2.50. The van der Waals surface area contributed by atoms with Gasteiger partial charge < -0.3 is 15.3 Å². The van der Waals surface area contributed by atoms with Crippen molar-refractivity contribution in [1.29, 1.82) is 0 Å². The van der Waals surface area contributed by atoms with Crippen LogP contribution in [0.4, 0.5) is 11.4 Å². The molecular weight excluding hydrogens is 440 g/mol. The lowest BCUT2D eigenvalue weighted by molar-refractivity contribution is 0.319. The van der Waals surface area contributed by atoms with Gasteiger partial charge in [-0.05, 0) is 79.6 Å². The maximum absolute atomic E-state index is 9.65. The van der Waals surface area contributed by atoms with Gasteiger partial charge in [0.1, 0.15) is 11.5 Å². The Bertz CT molecular complexity index is 1050. The number of hydrogen-bond acceptors (Lipinski definition) is 4. The van der Waals surface area contributed by atoms with Crippen LogP contribution in [-0.2, 0) is 0 Å². The second-order valence-electron chi connectivity index (χ2n) is 6.41. The predicted octanol–water partition coefficient (Wildman–Crippen LogP) is 6.70. The van der Waals surface area contributed by atoms with Crippen LogP contribution in [0.15, 0.2) is 64.2 Å². The van der Waals surface area contributed by atoms with E-state index < -0.39 is 0 Å². The van der Waals surface area contributed by atoms with Gasteiger partial charge in [-0.1, -0.05) is 32.7 Å². The van der Waals surface area contributed by atoms with Crippen molar-refractivity contribution in [1.82, 2.24) is 0 Å². The largest absolute Gasteiger partial charge is 0.497 e. The number of hydrogen-bond donors (Lipinski definition) is 2. The molecule has 4 nitrogen and oxygen atoms in total. The average Bonchev–Trinajstić information content (AvgIpc) is 2.67. The van der Waals surface area contributed by atoms with Crippen molar-refractivity contribution in [2.75, 3.05) is 12.4 Å². The van der Waals surface area contributed by atoms with Gasteiger partial charge in [0.05, 0.1) is 12.1 Å². The Morgan fingerprint density at radius 3 is 2.36 bits per heavy atom. The van der Waals surface area contributed by atoms with Gasteiger partial charge in [0.15, 0.2) is 0 Å². The summed E-state index contributed by atoms with van der Waals surface area (Å²) in [6.45, 7) is 3.97. The number of oxime groups is 1. The van der Waals surface area contributed by atoms with Crippen LogP contribution in [0.1, 0.15) is 22.3 Å². The summed E-state index contributed by atoms with van der Waals surface area (Å²) in [5.74, 6) is 0.744. The molecule has 0 heterocycles. The molecule has 2 N–H and O–H groups in total. The summed E-state index contributed by atoms with van der Waals surface area (Å²) in [4.78, 5) is 0. The topological polar surface area (TPSA) is 53.9 Å². The molecule has 0 amide bonds. The molecule has 0 saturated heterocycles. The molecule has 0 fully saturated rings. The molecule has 0 aliphatic heterocycles. The van der Waals surface area contributed by atoms with Gasteiger partial charge in [-0.25, -0.2) is 0 Å². The zero-order valence-corrected chi connectivity index (χ0v) is 18.1. The summed E-state index contributed by atoms with van der Waals surface area (Å²) in [5, 5.41) is 17.0. The standard InChI is InChI=1S/C22H20BrClN2O2/c1-13-11-17(28-3)6-8-18(13)22(26-27)19-7-5-16(12-20(19)24)25-21-9-4-15(23)10-14(21)2/h4-12,25,27H,1-3H3. The van der Waals surface area contributed by atoms with Gasteiger partial charge in [0, 0.05) is 27.0 Å². The van der Waals surface area contributed by atoms with E-state index in [1.165, 1.54) is 0 Å². The van der Waals surface area contributed by atoms with Crippen molar-refractivity contribution < 1.29 is 9.94 Å². The summed E-state index contributed by atoms with van der Waals surface area (Å²) in [7, 11) is 1.62. The number of benzene rings is 3. The quantitative estimate of drug-likeness (QED) is 0.254. The van der Waals surface area contributed by atoms with Crippen LogP contribution in [0.25, 0.3) is 0 Å². The van der Waals surface area contributed by atoms with Gasteiger partial charge >= 0.3 is 0 Å². The lowest BCUT2D eigenvalue weighted by atomic mass is 9.97. The molecule has 0 unspecified atom stereocenters. The van der Waals surface area contributed by atoms with Crippen LogP contribution >= 0.6 is 27.5 Å². The van der Waals surface area contributed by atoms with Gasteiger partial charge in [-0.3, -0.25) is 0 Å². The highest BCUT2D eigenvalue weighted by Gasteiger charge is 2.15. The summed E-state index contributed by atoms with van der Waals surface area (Å²) in [6, 6.07) is 17.2. The third-order valence-corrected chi connectivity index (χ3v) is 5.29. The van der Waals surface area contributed by atoms with Crippen molar-refractivity contribution >= 4 is 44.6 Å². The maximum Gasteiger partial charge on any atom is 0.119 e. The highest BCUT2D eigenvalue weighted by atomic mass is 79.9. The van der Waals surface area contributed by atoms with Gasteiger partial charge in [-0.2, -0.15) is 0 Å². The predicted molar refractivity (Wildman–Crippen MR) is 119 cm³/mol. The van der Waals surface area contributed by atoms with E-state index >= 15 is 0 Å². The first-order valence-corrected chi connectivity index (χ1v) is 9.80. The first-order chi connectivity index (χ1) is 13.4. The number of ether oxygens (including phenoxy) is 1. The van der Waals surface area contributed by atoms with Crippen molar-refractivity contribution in [3.8, 4) is 5.75 Å². The first-order valence-electron chi connectivity index (χ1n) is 8.63. The maximum atomic E-state index is 9.65. The molecule has 0 aliphatic carbocycles. The number of nitrogens with one attached hydrogen (secondary N) is 1. The second-order valence-corrected chi connectivity index (χ2v) is 7.73. The van der Waals surface area contributed by atoms with E-state index in [9.17, 15) is 5.21 Å². The summed E-state index contributed by atoms with van der Waals surface area (Å²) < 4.78 is 6.27. The van der Waals surface area contributed by atoms with E-state index in [1.807, 2.05) is 68.4 Å². The third-order valence-electron chi connectivity index (χ3n) is 4.48. The van der Waals surface area contributed by atoms with Crippen molar-refractivity contribution in [2.45, 2.75) is 13.8 Å². The minimum atomic E-state index is 0.413. The van der Waals surface area contributed by atoms with Crippen LogP contribution < -0.4 is 10.1 Å². The van der Waals surface area contributed by atoms with E-state index in [4.69, 9.17) is 16.3 Å². The van der Waals surface area contributed by atoms with Gasteiger partial charge in [-0.15, -0.1) is 0 Å². The van der Waals surface area contributed by atoms with Crippen LogP contribution in [-0.4, -0.2) is 18.0 Å². The molecule has 3 rings (SSSR count). The van der Waals surface area contributed by atoms with Gasteiger partial charge in [0.25, 0.3) is 0 Å². The van der Waals surface area contributed by atoms with E-state index in [0.29, 0.717) is 16.3 Å². The molecule has 6 heteroatoms. The second kappa shape index (κ2) is 8.67. The Morgan fingerprint density at radius 1 is 1.00 bits per heavy atom. The fraction of sp³-hybridized carbons (Fsp3) is 0.136. The summed E-state index contributed by atoms with van der Waals surface area (Å²) in [6.07, 6.45) is 0. The zero-order chi connectivity index (χ0) is 20.3. The molecule has 3 aromatic carbocycles. The minimum Gasteiger partial charge on any atom is -0.497 e. The van der Waals surface area contributed by atoms with Crippen LogP contribution in [0.3, 0.4) is 0 Å². The molecule has 3 aromatic rings. The molecule has 0 aliphatic rings. The molecule has 0 spiro atoms. The van der Waals surface area contributed by atoms with Gasteiger partial charge in [0.2, 0.25) is 0 Å². The lowest BCUT2D eigenvalue weighted by Crippen LogP contribution is -2.07. The Kier molecular flexibility index (Phi) is 6.27. The average molecular weight is 460 g/mol. The first kappa shape index (κ1) is 20.2. The van der Waals surface area contributed by atoms with Crippen molar-refractivity contribution in [2.24, 2.45) is 5.16 Å². The fourth-order valence-electron chi connectivity index (χ4n) is 2.99. The van der Waals surface area contributed by atoms with Crippen molar-refractivity contribution in [3.05, 3.63) is 86.3 Å². The molecule has 0 aromatic heterocycles. The third kappa shape index (κ3) is 4.32. The fourth-order valence-corrected chi connectivity index (χ4v) is 3.73. The molecule has 0 saturated carbocycles. The van der Waals surface area contributed by atoms with Crippen molar-refractivity contribution in [3.63, 3.8) is 0 Å². The highest BCUT2D eigenvalue weighted by Crippen LogP contribution is 2.29. The number of rotatable bonds is 5. The number of methoxy groups -OCH3 is 1. The molecule has 144 valence electrons. The summed E-state index contributed by atoms with van der Waals surface area (Å²) >= 11 is 10.0. The van der Waals surface area contributed by atoms with Crippen LogP contribution in [0.5, 0.6) is 5.75 Å². The molecular formula is C22H20BrClN2O2. The minimum absolute atomic E-state index is 0.413. The number of nitrogens with zero attached hydrogens (tertiary/aromatic N) is 1. The van der Waals surface area contributed by atoms with E-state index in [-0.39, 0.29) is 0 Å². The SMILES string of the molecule is COc1ccc(C(=NO)c2ccc(Nc3ccc(Br)cc3C)cc2Cl)c(C)c1. The Labute approximate surface area is 177 Å². The summed E-state index contributed by atoms with van der Waals surface area (Å²) in [5.41, 5.74) is 5.73. The van der Waals surface area contributed by atoms with E-state index in [1.54, 1.807) is 7.11 Å². The molecule has 0 atom stereocenters. The number of anilines is 2. The monoisotopic (exact) mass is 458 g/mol. The smallest absolute Gasteiger partial charge is 0.119 e. The van der Waals surface area contributed by atoms with E-state index in [2.05, 4.69) is 26.4 Å². The number of aryl methyl sites for hydroxylation is 2. The zero-order valence-electron chi connectivity index (χ0n) is 15.8. The Morgan fingerprint density at radius 2 is 1.75 bits per heavy atom. The normalized spacial score (nSPS) is 11.4. The van der Waals surface area contributed by atoms with Crippen LogP contribution in [0, 0.1) is 13.8 Å². The Balaban J connectivity index is 1.92.